The van der Waals surface area contributed by atoms with Gasteiger partial charge in [-0.1, -0.05) is 6.92 Å². The van der Waals surface area contributed by atoms with Crippen LogP contribution in [-0.2, 0) is 4.74 Å². The third kappa shape index (κ3) is 2.58. The smallest absolute Gasteiger partial charge is 0.358 e. The third-order valence-corrected chi connectivity index (χ3v) is 4.55. The number of aromatic nitrogens is 2. The standard InChI is InChI=1S/C12H17N3O2S/c1-8-9(2)18-5-4-15(8)11-7-13-10(6-14-11)12(16)17-3/h6-9H,4-5H2,1-3H3. The monoisotopic (exact) mass is 267 g/mol. The van der Waals surface area contributed by atoms with Crippen LogP contribution in [0, 0.1) is 0 Å². The van der Waals surface area contributed by atoms with Gasteiger partial charge < -0.3 is 9.64 Å². The van der Waals surface area contributed by atoms with Crippen molar-refractivity contribution in [3.05, 3.63) is 18.1 Å². The fourth-order valence-corrected chi connectivity index (χ4v) is 3.04. The lowest BCUT2D eigenvalue weighted by atomic mass is 10.2. The largest absolute Gasteiger partial charge is 0.464 e. The lowest BCUT2D eigenvalue weighted by Gasteiger charge is -2.38. The van der Waals surface area contributed by atoms with Crippen molar-refractivity contribution in [3.8, 4) is 0 Å². The Hall–Kier alpha value is -1.30. The van der Waals surface area contributed by atoms with Crippen LogP contribution in [0.15, 0.2) is 12.4 Å². The molecule has 2 unspecified atom stereocenters. The van der Waals surface area contributed by atoms with Crippen molar-refractivity contribution in [3.63, 3.8) is 0 Å². The van der Waals surface area contributed by atoms with Crippen LogP contribution in [0.25, 0.3) is 0 Å². The Morgan fingerprint density at radius 2 is 2.22 bits per heavy atom. The molecule has 1 aliphatic rings. The molecule has 1 aromatic rings. The Bertz CT molecular complexity index is 424. The van der Waals surface area contributed by atoms with Gasteiger partial charge in [0, 0.05) is 23.6 Å². The van der Waals surface area contributed by atoms with Gasteiger partial charge in [-0.25, -0.2) is 14.8 Å². The molecule has 0 bridgehead atoms. The average Bonchev–Trinajstić information content (AvgIpc) is 2.41. The van der Waals surface area contributed by atoms with Gasteiger partial charge in [0.25, 0.3) is 0 Å². The Morgan fingerprint density at radius 3 is 2.83 bits per heavy atom. The second-order valence-corrected chi connectivity index (χ2v) is 5.75. The summed E-state index contributed by atoms with van der Waals surface area (Å²) in [7, 11) is 1.34. The molecule has 0 amide bonds. The van der Waals surface area contributed by atoms with E-state index in [4.69, 9.17) is 0 Å². The molecule has 2 heterocycles. The van der Waals surface area contributed by atoms with Gasteiger partial charge in [0.05, 0.1) is 19.5 Å². The van der Waals surface area contributed by atoms with Gasteiger partial charge in [0.15, 0.2) is 5.69 Å². The molecule has 2 atom stereocenters. The summed E-state index contributed by atoms with van der Waals surface area (Å²) in [5.41, 5.74) is 0.244. The van der Waals surface area contributed by atoms with E-state index >= 15 is 0 Å². The van der Waals surface area contributed by atoms with Crippen LogP contribution in [0.2, 0.25) is 0 Å². The summed E-state index contributed by atoms with van der Waals surface area (Å²) in [4.78, 5) is 21.9. The predicted octanol–water partition coefficient (Wildman–Crippen LogP) is 1.59. The maximum absolute atomic E-state index is 11.3. The zero-order chi connectivity index (χ0) is 13.1. The van der Waals surface area contributed by atoms with Gasteiger partial charge in [0.2, 0.25) is 0 Å². The van der Waals surface area contributed by atoms with Crippen molar-refractivity contribution in [2.45, 2.75) is 25.1 Å². The van der Waals surface area contributed by atoms with Crippen molar-refractivity contribution in [2.75, 3.05) is 24.3 Å². The summed E-state index contributed by atoms with van der Waals surface area (Å²) >= 11 is 1.97. The summed E-state index contributed by atoms with van der Waals surface area (Å²) in [6.07, 6.45) is 3.12. The molecule has 0 spiro atoms. The minimum atomic E-state index is -0.454. The van der Waals surface area contributed by atoms with Crippen LogP contribution >= 0.6 is 11.8 Å². The van der Waals surface area contributed by atoms with E-state index in [1.165, 1.54) is 13.3 Å². The van der Waals surface area contributed by atoms with Crippen molar-refractivity contribution < 1.29 is 9.53 Å². The molecule has 0 aromatic carbocycles. The molecule has 1 fully saturated rings. The maximum atomic E-state index is 11.3. The number of carbonyl (C=O) groups excluding carboxylic acids is 1. The van der Waals surface area contributed by atoms with E-state index in [0.29, 0.717) is 11.3 Å². The van der Waals surface area contributed by atoms with Gasteiger partial charge in [-0.15, -0.1) is 0 Å². The number of thioether (sulfide) groups is 1. The topological polar surface area (TPSA) is 55.3 Å². The molecule has 18 heavy (non-hydrogen) atoms. The van der Waals surface area contributed by atoms with Crippen LogP contribution in [-0.4, -0.2) is 46.6 Å². The highest BCUT2D eigenvalue weighted by atomic mass is 32.2. The molecule has 6 heteroatoms. The molecule has 1 aliphatic heterocycles. The Morgan fingerprint density at radius 1 is 1.44 bits per heavy atom. The molecule has 0 N–H and O–H groups in total. The molecule has 5 nitrogen and oxygen atoms in total. The number of rotatable bonds is 2. The minimum absolute atomic E-state index is 0.244. The maximum Gasteiger partial charge on any atom is 0.358 e. The first-order chi connectivity index (χ1) is 8.63. The number of esters is 1. The molecule has 1 aromatic heterocycles. The van der Waals surface area contributed by atoms with E-state index in [-0.39, 0.29) is 5.69 Å². The van der Waals surface area contributed by atoms with E-state index in [9.17, 15) is 4.79 Å². The first kappa shape index (κ1) is 13.1. The van der Waals surface area contributed by atoms with E-state index < -0.39 is 5.97 Å². The highest BCUT2D eigenvalue weighted by Crippen LogP contribution is 2.27. The molecule has 2 rings (SSSR count). The number of anilines is 1. The van der Waals surface area contributed by atoms with Crippen LogP contribution in [0.4, 0.5) is 5.82 Å². The Labute approximate surface area is 111 Å². The van der Waals surface area contributed by atoms with Gasteiger partial charge in [-0.2, -0.15) is 11.8 Å². The van der Waals surface area contributed by atoms with Crippen LogP contribution in [0.5, 0.6) is 0 Å². The van der Waals surface area contributed by atoms with Crippen molar-refractivity contribution >= 4 is 23.5 Å². The fourth-order valence-electron chi connectivity index (χ4n) is 1.94. The quantitative estimate of drug-likeness (QED) is 0.759. The summed E-state index contributed by atoms with van der Waals surface area (Å²) in [6.45, 7) is 5.37. The van der Waals surface area contributed by atoms with E-state index in [0.717, 1.165) is 18.1 Å². The van der Waals surface area contributed by atoms with E-state index in [2.05, 4.69) is 33.5 Å². The molecular formula is C12H17N3O2S. The molecule has 0 aliphatic carbocycles. The number of carbonyl (C=O) groups is 1. The second kappa shape index (κ2) is 5.56. The first-order valence-corrected chi connectivity index (χ1v) is 6.97. The summed E-state index contributed by atoms with van der Waals surface area (Å²) in [5, 5.41) is 0.570. The number of hydrogen-bond donors (Lipinski definition) is 0. The zero-order valence-corrected chi connectivity index (χ0v) is 11.6. The predicted molar refractivity (Wildman–Crippen MR) is 72.1 cm³/mol. The number of ether oxygens (including phenoxy) is 1. The molecule has 98 valence electrons. The van der Waals surface area contributed by atoms with Crippen LogP contribution in [0.3, 0.4) is 0 Å². The van der Waals surface area contributed by atoms with Crippen molar-refractivity contribution in [1.29, 1.82) is 0 Å². The second-order valence-electron chi connectivity index (χ2n) is 4.26. The van der Waals surface area contributed by atoms with Gasteiger partial charge in [-0.3, -0.25) is 0 Å². The van der Waals surface area contributed by atoms with Gasteiger partial charge >= 0.3 is 5.97 Å². The van der Waals surface area contributed by atoms with Crippen molar-refractivity contribution in [1.82, 2.24) is 9.97 Å². The normalized spacial score (nSPS) is 23.8. The summed E-state index contributed by atoms with van der Waals surface area (Å²) < 4.78 is 4.60. The van der Waals surface area contributed by atoms with Crippen LogP contribution in [0.1, 0.15) is 24.3 Å². The number of nitrogens with zero attached hydrogens (tertiary/aromatic N) is 3. The SMILES string of the molecule is COC(=O)c1cnc(N2CCSC(C)C2C)cn1. The third-order valence-electron chi connectivity index (χ3n) is 3.21. The lowest BCUT2D eigenvalue weighted by Crippen LogP contribution is -2.45. The molecule has 1 saturated heterocycles. The number of methoxy groups -OCH3 is 1. The minimum Gasteiger partial charge on any atom is -0.464 e. The Balaban J connectivity index is 2.16. The molecule has 0 saturated carbocycles. The van der Waals surface area contributed by atoms with Gasteiger partial charge in [0.1, 0.15) is 5.82 Å². The molecular weight excluding hydrogens is 250 g/mol. The van der Waals surface area contributed by atoms with E-state index in [1.54, 1.807) is 6.20 Å². The summed E-state index contributed by atoms with van der Waals surface area (Å²) in [5.74, 6) is 1.46. The highest BCUT2D eigenvalue weighted by molar-refractivity contribution is 8.00. The van der Waals surface area contributed by atoms with Crippen LogP contribution < -0.4 is 4.90 Å². The number of hydrogen-bond acceptors (Lipinski definition) is 6. The van der Waals surface area contributed by atoms with E-state index in [1.807, 2.05) is 11.8 Å². The average molecular weight is 267 g/mol. The lowest BCUT2D eigenvalue weighted by molar-refractivity contribution is 0.0593. The molecule has 0 radical (unpaired) electrons. The zero-order valence-electron chi connectivity index (χ0n) is 10.8. The fraction of sp³-hybridized carbons (Fsp3) is 0.583. The van der Waals surface area contributed by atoms with Gasteiger partial charge in [-0.05, 0) is 6.92 Å². The first-order valence-electron chi connectivity index (χ1n) is 5.92. The highest BCUT2D eigenvalue weighted by Gasteiger charge is 2.26. The van der Waals surface area contributed by atoms with Crippen molar-refractivity contribution in [2.24, 2.45) is 0 Å². The Kier molecular flexibility index (Phi) is 4.06. The summed E-state index contributed by atoms with van der Waals surface area (Å²) in [6, 6.07) is 0.419.